The molecule has 182 valence electrons. The van der Waals surface area contributed by atoms with Gasteiger partial charge >= 0.3 is 0 Å². The minimum absolute atomic E-state index is 0.154. The van der Waals surface area contributed by atoms with Crippen molar-refractivity contribution in [1.29, 1.82) is 5.41 Å². The van der Waals surface area contributed by atoms with E-state index in [1.54, 1.807) is 6.20 Å². The fourth-order valence-electron chi connectivity index (χ4n) is 5.32. The summed E-state index contributed by atoms with van der Waals surface area (Å²) in [5.74, 6) is 0.544. The maximum absolute atomic E-state index is 8.70. The standard InChI is InChI=1S/C32H33N3O/c1-24(33)30-29(22-23-34-31(30)36-28-20-12-5-13-21-28)35-32(25-14-6-2-7-15-25,26-16-8-3-9-17-26)27-18-10-4-11-19-27/h2-4,6-11,14-19,22-23,28,33H,5,12-13,20-21H2,1H3,(H,34,35). The fourth-order valence-corrected chi connectivity index (χ4v) is 5.32. The van der Waals surface area contributed by atoms with Crippen LogP contribution in [-0.4, -0.2) is 16.8 Å². The summed E-state index contributed by atoms with van der Waals surface area (Å²) < 4.78 is 6.43. The quantitative estimate of drug-likeness (QED) is 0.204. The van der Waals surface area contributed by atoms with E-state index in [9.17, 15) is 0 Å². The largest absolute Gasteiger partial charge is 0.474 e. The molecule has 1 aromatic heterocycles. The summed E-state index contributed by atoms with van der Waals surface area (Å²) in [5.41, 5.74) is 4.64. The zero-order valence-electron chi connectivity index (χ0n) is 20.8. The molecule has 0 amide bonds. The topological polar surface area (TPSA) is 58.0 Å². The number of anilines is 1. The highest BCUT2D eigenvalue weighted by Gasteiger charge is 2.37. The molecule has 0 spiro atoms. The summed E-state index contributed by atoms with van der Waals surface area (Å²) in [6.07, 6.45) is 7.65. The highest BCUT2D eigenvalue weighted by Crippen LogP contribution is 2.41. The number of nitrogens with zero attached hydrogens (tertiary/aromatic N) is 1. The van der Waals surface area contributed by atoms with Crippen LogP contribution in [0.15, 0.2) is 103 Å². The van der Waals surface area contributed by atoms with Crippen molar-refractivity contribution < 1.29 is 4.74 Å². The lowest BCUT2D eigenvalue weighted by Crippen LogP contribution is -2.38. The van der Waals surface area contributed by atoms with Gasteiger partial charge in [0.15, 0.2) is 0 Å². The van der Waals surface area contributed by atoms with E-state index in [0.29, 0.717) is 11.6 Å². The zero-order chi connectivity index (χ0) is 24.8. The molecule has 4 aromatic rings. The average molecular weight is 476 g/mol. The van der Waals surface area contributed by atoms with E-state index in [1.165, 1.54) is 19.3 Å². The second-order valence-corrected chi connectivity index (χ2v) is 9.51. The molecule has 36 heavy (non-hydrogen) atoms. The predicted molar refractivity (Wildman–Crippen MR) is 147 cm³/mol. The van der Waals surface area contributed by atoms with Crippen LogP contribution in [0, 0.1) is 5.41 Å². The van der Waals surface area contributed by atoms with Crippen molar-refractivity contribution in [2.75, 3.05) is 5.32 Å². The SMILES string of the molecule is CC(=N)c1c(NC(c2ccccc2)(c2ccccc2)c2ccccc2)ccnc1OC1CCCCC1. The van der Waals surface area contributed by atoms with Gasteiger partial charge in [0.1, 0.15) is 11.6 Å². The lowest BCUT2D eigenvalue weighted by atomic mass is 9.76. The number of aromatic nitrogens is 1. The van der Waals surface area contributed by atoms with Gasteiger partial charge in [-0.3, -0.25) is 0 Å². The first kappa shape index (κ1) is 23.8. The summed E-state index contributed by atoms with van der Waals surface area (Å²) in [5, 5.41) is 12.6. The van der Waals surface area contributed by atoms with Crippen LogP contribution in [0.5, 0.6) is 5.88 Å². The van der Waals surface area contributed by atoms with Gasteiger partial charge in [0, 0.05) is 11.9 Å². The molecular formula is C32H33N3O. The number of hydrogen-bond donors (Lipinski definition) is 2. The lowest BCUT2D eigenvalue weighted by molar-refractivity contribution is 0.148. The van der Waals surface area contributed by atoms with Crippen LogP contribution in [0.3, 0.4) is 0 Å². The number of ether oxygens (including phenoxy) is 1. The average Bonchev–Trinajstić information content (AvgIpc) is 2.94. The van der Waals surface area contributed by atoms with Gasteiger partial charge in [-0.25, -0.2) is 4.98 Å². The summed E-state index contributed by atoms with van der Waals surface area (Å²) in [6.45, 7) is 1.81. The van der Waals surface area contributed by atoms with Crippen molar-refractivity contribution in [3.05, 3.63) is 126 Å². The Hall–Kier alpha value is -3.92. The molecule has 3 aromatic carbocycles. The van der Waals surface area contributed by atoms with Gasteiger partial charge in [-0.1, -0.05) is 97.4 Å². The number of pyridine rings is 1. The fraction of sp³-hybridized carbons (Fsp3) is 0.250. The summed E-state index contributed by atoms with van der Waals surface area (Å²) in [6, 6.07) is 33.5. The molecule has 0 radical (unpaired) electrons. The molecule has 1 saturated carbocycles. The van der Waals surface area contributed by atoms with Crippen LogP contribution >= 0.6 is 0 Å². The van der Waals surface area contributed by atoms with E-state index >= 15 is 0 Å². The lowest BCUT2D eigenvalue weighted by Gasteiger charge is -2.38. The summed E-state index contributed by atoms with van der Waals surface area (Å²) in [4.78, 5) is 4.60. The van der Waals surface area contributed by atoms with Crippen molar-refractivity contribution in [2.24, 2.45) is 0 Å². The van der Waals surface area contributed by atoms with Crippen molar-refractivity contribution in [2.45, 2.75) is 50.7 Å². The number of hydrogen-bond acceptors (Lipinski definition) is 4. The van der Waals surface area contributed by atoms with Crippen LogP contribution in [0.2, 0.25) is 0 Å². The Morgan fingerprint density at radius 1 is 0.778 bits per heavy atom. The smallest absolute Gasteiger partial charge is 0.224 e. The molecule has 4 nitrogen and oxygen atoms in total. The van der Waals surface area contributed by atoms with E-state index in [2.05, 4.69) is 83.1 Å². The number of benzene rings is 3. The van der Waals surface area contributed by atoms with E-state index in [1.807, 2.05) is 31.2 Å². The molecular weight excluding hydrogens is 442 g/mol. The van der Waals surface area contributed by atoms with E-state index in [4.69, 9.17) is 10.1 Å². The Morgan fingerprint density at radius 3 is 1.75 bits per heavy atom. The van der Waals surface area contributed by atoms with Crippen LogP contribution < -0.4 is 10.1 Å². The first-order valence-corrected chi connectivity index (χ1v) is 12.8. The monoisotopic (exact) mass is 475 g/mol. The molecule has 1 fully saturated rings. The minimum Gasteiger partial charge on any atom is -0.474 e. The summed E-state index contributed by atoms with van der Waals surface area (Å²) in [7, 11) is 0. The van der Waals surface area contributed by atoms with Crippen molar-refractivity contribution >= 4 is 11.4 Å². The molecule has 0 bridgehead atoms. The molecule has 5 rings (SSSR count). The van der Waals surface area contributed by atoms with Gasteiger partial charge < -0.3 is 15.5 Å². The first-order valence-electron chi connectivity index (χ1n) is 12.8. The predicted octanol–water partition coefficient (Wildman–Crippen LogP) is 7.58. The van der Waals surface area contributed by atoms with Gasteiger partial charge in [-0.15, -0.1) is 0 Å². The Kier molecular flexibility index (Phi) is 7.13. The normalized spacial score (nSPS) is 14.2. The molecule has 1 aliphatic rings. The van der Waals surface area contributed by atoms with Crippen molar-refractivity contribution in [3.63, 3.8) is 0 Å². The maximum Gasteiger partial charge on any atom is 0.224 e. The Bertz CT molecular complexity index is 1190. The highest BCUT2D eigenvalue weighted by atomic mass is 16.5. The van der Waals surface area contributed by atoms with E-state index < -0.39 is 5.54 Å². The molecule has 2 N–H and O–H groups in total. The molecule has 1 heterocycles. The van der Waals surface area contributed by atoms with Gasteiger partial charge in [0.05, 0.1) is 11.3 Å². The second kappa shape index (κ2) is 10.8. The molecule has 0 aliphatic heterocycles. The molecule has 4 heteroatoms. The van der Waals surface area contributed by atoms with Crippen molar-refractivity contribution in [3.8, 4) is 5.88 Å². The highest BCUT2D eigenvalue weighted by molar-refractivity contribution is 6.03. The van der Waals surface area contributed by atoms with Gasteiger partial charge in [0.25, 0.3) is 0 Å². The Balaban J connectivity index is 1.69. The number of rotatable bonds is 8. The van der Waals surface area contributed by atoms with Crippen LogP contribution in [0.4, 0.5) is 5.69 Å². The third kappa shape index (κ3) is 4.76. The van der Waals surface area contributed by atoms with E-state index in [-0.39, 0.29) is 6.10 Å². The summed E-state index contributed by atoms with van der Waals surface area (Å²) >= 11 is 0. The third-order valence-corrected chi connectivity index (χ3v) is 7.06. The van der Waals surface area contributed by atoms with Crippen LogP contribution in [0.1, 0.15) is 61.3 Å². The van der Waals surface area contributed by atoms with Gasteiger partial charge in [0.2, 0.25) is 5.88 Å². The molecule has 0 atom stereocenters. The Labute approximate surface area is 213 Å². The van der Waals surface area contributed by atoms with Crippen molar-refractivity contribution in [1.82, 2.24) is 4.98 Å². The molecule has 0 unspecified atom stereocenters. The van der Waals surface area contributed by atoms with Crippen LogP contribution in [0.25, 0.3) is 0 Å². The molecule has 1 aliphatic carbocycles. The maximum atomic E-state index is 8.70. The minimum atomic E-state index is -0.683. The third-order valence-electron chi connectivity index (χ3n) is 7.06. The number of nitrogens with one attached hydrogen (secondary N) is 2. The second-order valence-electron chi connectivity index (χ2n) is 9.51. The Morgan fingerprint density at radius 2 is 1.28 bits per heavy atom. The zero-order valence-corrected chi connectivity index (χ0v) is 20.8. The van der Waals surface area contributed by atoms with E-state index in [0.717, 1.165) is 40.8 Å². The van der Waals surface area contributed by atoms with Gasteiger partial charge in [-0.05, 0) is 55.4 Å². The van der Waals surface area contributed by atoms with Crippen LogP contribution in [-0.2, 0) is 5.54 Å². The molecule has 0 saturated heterocycles. The van der Waals surface area contributed by atoms with Gasteiger partial charge in [-0.2, -0.15) is 0 Å². The first-order chi connectivity index (χ1) is 17.7.